The summed E-state index contributed by atoms with van der Waals surface area (Å²) in [5, 5.41) is 20.4. The number of carbonyl (C=O) groups is 1. The fourth-order valence-electron chi connectivity index (χ4n) is 1.73. The zero-order valence-electron chi connectivity index (χ0n) is 11.8. The van der Waals surface area contributed by atoms with Crippen LogP contribution in [0.5, 0.6) is 5.75 Å². The normalized spacial score (nSPS) is 13.1. The van der Waals surface area contributed by atoms with Crippen molar-refractivity contribution in [3.05, 3.63) is 29.8 Å². The summed E-state index contributed by atoms with van der Waals surface area (Å²) in [6, 6.07) is 8.70. The average molecular weight is 276 g/mol. The number of hydrogen-bond donors (Lipinski definition) is 2. The van der Waals surface area contributed by atoms with Crippen molar-refractivity contribution in [1.29, 1.82) is 5.26 Å². The van der Waals surface area contributed by atoms with E-state index in [2.05, 4.69) is 5.32 Å². The van der Waals surface area contributed by atoms with Crippen LogP contribution in [-0.4, -0.2) is 29.8 Å². The molecule has 0 aromatic heterocycles. The van der Waals surface area contributed by atoms with Crippen LogP contribution < -0.4 is 10.1 Å². The fourth-order valence-corrected chi connectivity index (χ4v) is 1.73. The molecule has 5 heteroatoms. The van der Waals surface area contributed by atoms with Crippen molar-refractivity contribution in [2.24, 2.45) is 0 Å². The van der Waals surface area contributed by atoms with Crippen molar-refractivity contribution in [2.75, 3.05) is 6.61 Å². The molecule has 1 aromatic rings. The Morgan fingerprint density at radius 2 is 2.25 bits per heavy atom. The third kappa shape index (κ3) is 5.29. The molecule has 0 heterocycles. The number of carbonyl (C=O) groups excluding carboxylic acids is 1. The van der Waals surface area contributed by atoms with Crippen LogP contribution in [0.25, 0.3) is 0 Å². The number of benzene rings is 1. The van der Waals surface area contributed by atoms with Crippen molar-refractivity contribution in [2.45, 2.75) is 38.8 Å². The molecule has 0 spiro atoms. The Balaban J connectivity index is 2.51. The van der Waals surface area contributed by atoms with E-state index < -0.39 is 6.10 Å². The smallest absolute Gasteiger partial charge is 0.260 e. The van der Waals surface area contributed by atoms with Crippen molar-refractivity contribution < 1.29 is 14.6 Å². The molecule has 20 heavy (non-hydrogen) atoms. The van der Waals surface area contributed by atoms with Crippen LogP contribution in [0.2, 0.25) is 0 Å². The van der Waals surface area contributed by atoms with Gasteiger partial charge in [0.15, 0.2) is 6.10 Å². The first-order valence-electron chi connectivity index (χ1n) is 6.65. The van der Waals surface area contributed by atoms with Gasteiger partial charge in [0.25, 0.3) is 5.91 Å². The lowest BCUT2D eigenvalue weighted by Crippen LogP contribution is -2.41. The van der Waals surface area contributed by atoms with E-state index in [1.54, 1.807) is 31.2 Å². The maximum atomic E-state index is 11.9. The molecule has 0 bridgehead atoms. The van der Waals surface area contributed by atoms with E-state index in [1.165, 1.54) is 0 Å². The van der Waals surface area contributed by atoms with Gasteiger partial charge in [-0.1, -0.05) is 6.07 Å². The summed E-state index contributed by atoms with van der Waals surface area (Å²) < 4.78 is 5.51. The first-order chi connectivity index (χ1) is 9.56. The largest absolute Gasteiger partial charge is 0.481 e. The SMILES string of the molecule is CC(CCCO)NC(=O)C(C)Oc1cccc(C#N)c1. The Labute approximate surface area is 119 Å². The van der Waals surface area contributed by atoms with Gasteiger partial charge in [0, 0.05) is 12.6 Å². The molecule has 2 N–H and O–H groups in total. The molecule has 0 radical (unpaired) electrons. The minimum atomic E-state index is -0.638. The summed E-state index contributed by atoms with van der Waals surface area (Å²) in [6.07, 6.45) is 0.736. The van der Waals surface area contributed by atoms with E-state index >= 15 is 0 Å². The van der Waals surface area contributed by atoms with Crippen LogP contribution in [0, 0.1) is 11.3 Å². The molecular weight excluding hydrogens is 256 g/mol. The van der Waals surface area contributed by atoms with Crippen LogP contribution in [0.15, 0.2) is 24.3 Å². The summed E-state index contributed by atoms with van der Waals surface area (Å²) >= 11 is 0. The van der Waals surface area contributed by atoms with Gasteiger partial charge in [0.2, 0.25) is 0 Å². The Hall–Kier alpha value is -2.06. The number of aliphatic hydroxyl groups excluding tert-OH is 1. The fraction of sp³-hybridized carbons (Fsp3) is 0.467. The number of hydrogen-bond acceptors (Lipinski definition) is 4. The van der Waals surface area contributed by atoms with E-state index in [0.29, 0.717) is 17.7 Å². The molecule has 1 aromatic carbocycles. The Morgan fingerprint density at radius 1 is 1.50 bits per heavy atom. The summed E-state index contributed by atoms with van der Waals surface area (Å²) in [5.74, 6) is 0.285. The summed E-state index contributed by atoms with van der Waals surface area (Å²) in [5.41, 5.74) is 0.492. The van der Waals surface area contributed by atoms with Crippen molar-refractivity contribution >= 4 is 5.91 Å². The average Bonchev–Trinajstić information content (AvgIpc) is 2.45. The minimum absolute atomic E-state index is 0.00820. The van der Waals surface area contributed by atoms with Gasteiger partial charge in [0.1, 0.15) is 5.75 Å². The molecule has 0 saturated heterocycles. The van der Waals surface area contributed by atoms with Crippen LogP contribution >= 0.6 is 0 Å². The van der Waals surface area contributed by atoms with E-state index in [4.69, 9.17) is 15.1 Å². The van der Waals surface area contributed by atoms with Crippen molar-refractivity contribution in [1.82, 2.24) is 5.32 Å². The van der Waals surface area contributed by atoms with Crippen LogP contribution in [0.4, 0.5) is 0 Å². The van der Waals surface area contributed by atoms with Gasteiger partial charge in [-0.25, -0.2) is 0 Å². The lowest BCUT2D eigenvalue weighted by molar-refractivity contribution is -0.127. The Kier molecular flexibility index (Phi) is 6.54. The third-order valence-electron chi connectivity index (χ3n) is 2.83. The second-order valence-electron chi connectivity index (χ2n) is 4.68. The lowest BCUT2D eigenvalue weighted by atomic mass is 10.2. The number of amides is 1. The summed E-state index contributed by atoms with van der Waals surface area (Å²) in [6.45, 7) is 3.66. The van der Waals surface area contributed by atoms with Crippen LogP contribution in [0.3, 0.4) is 0 Å². The first-order valence-corrected chi connectivity index (χ1v) is 6.65. The van der Waals surface area contributed by atoms with Gasteiger partial charge in [0.05, 0.1) is 11.6 Å². The molecule has 2 atom stereocenters. The topological polar surface area (TPSA) is 82.3 Å². The standard InChI is InChI=1S/C15H20N2O3/c1-11(5-4-8-18)17-15(19)12(2)20-14-7-3-6-13(9-14)10-16/h3,6-7,9,11-12,18H,4-5,8H2,1-2H3,(H,17,19). The quantitative estimate of drug-likeness (QED) is 0.792. The van der Waals surface area contributed by atoms with Gasteiger partial charge < -0.3 is 15.2 Å². The summed E-state index contributed by atoms with van der Waals surface area (Å²) in [4.78, 5) is 11.9. The monoisotopic (exact) mass is 276 g/mol. The molecule has 1 rings (SSSR count). The highest BCUT2D eigenvalue weighted by Gasteiger charge is 2.16. The zero-order chi connectivity index (χ0) is 15.0. The first kappa shape index (κ1) is 16.0. The van der Waals surface area contributed by atoms with Crippen molar-refractivity contribution in [3.8, 4) is 11.8 Å². The maximum absolute atomic E-state index is 11.9. The highest BCUT2D eigenvalue weighted by atomic mass is 16.5. The highest BCUT2D eigenvalue weighted by Crippen LogP contribution is 2.14. The van der Waals surface area contributed by atoms with E-state index in [9.17, 15) is 4.79 Å². The van der Waals surface area contributed by atoms with Crippen LogP contribution in [0.1, 0.15) is 32.3 Å². The minimum Gasteiger partial charge on any atom is -0.481 e. The molecule has 2 unspecified atom stereocenters. The molecule has 0 fully saturated rings. The number of rotatable bonds is 7. The lowest BCUT2D eigenvalue weighted by Gasteiger charge is -2.18. The number of ether oxygens (including phenoxy) is 1. The van der Waals surface area contributed by atoms with Gasteiger partial charge in [-0.3, -0.25) is 4.79 Å². The van der Waals surface area contributed by atoms with Gasteiger partial charge in [-0.2, -0.15) is 5.26 Å². The van der Waals surface area contributed by atoms with Gasteiger partial charge in [-0.15, -0.1) is 0 Å². The van der Waals surface area contributed by atoms with Gasteiger partial charge >= 0.3 is 0 Å². The molecule has 0 aliphatic rings. The number of nitrogens with zero attached hydrogens (tertiary/aromatic N) is 1. The predicted octanol–water partition coefficient (Wildman–Crippen LogP) is 1.60. The van der Waals surface area contributed by atoms with E-state index in [-0.39, 0.29) is 18.6 Å². The van der Waals surface area contributed by atoms with Crippen molar-refractivity contribution in [3.63, 3.8) is 0 Å². The van der Waals surface area contributed by atoms with Gasteiger partial charge in [-0.05, 0) is 44.9 Å². The molecule has 1 amide bonds. The molecule has 108 valence electrons. The Morgan fingerprint density at radius 3 is 2.90 bits per heavy atom. The molecule has 0 aliphatic carbocycles. The molecule has 5 nitrogen and oxygen atoms in total. The zero-order valence-corrected chi connectivity index (χ0v) is 11.8. The third-order valence-corrected chi connectivity index (χ3v) is 2.83. The second kappa shape index (κ2) is 8.18. The Bertz CT molecular complexity index is 482. The van der Waals surface area contributed by atoms with E-state index in [1.807, 2.05) is 13.0 Å². The number of aliphatic hydroxyl groups is 1. The summed E-state index contributed by atoms with van der Waals surface area (Å²) in [7, 11) is 0. The highest BCUT2D eigenvalue weighted by molar-refractivity contribution is 5.80. The maximum Gasteiger partial charge on any atom is 0.260 e. The second-order valence-corrected chi connectivity index (χ2v) is 4.68. The van der Waals surface area contributed by atoms with E-state index in [0.717, 1.165) is 6.42 Å². The van der Waals surface area contributed by atoms with Crippen LogP contribution in [-0.2, 0) is 4.79 Å². The number of nitrogens with one attached hydrogen (secondary N) is 1. The number of nitriles is 1. The molecule has 0 saturated carbocycles. The molecule has 0 aliphatic heterocycles. The molecular formula is C15H20N2O3. The predicted molar refractivity (Wildman–Crippen MR) is 75.2 cm³/mol.